The molecule has 0 unspecified atom stereocenters. The van der Waals surface area contributed by atoms with Gasteiger partial charge in [0, 0.05) is 25.7 Å². The van der Waals surface area contributed by atoms with Crippen LogP contribution in [0.25, 0.3) is 0 Å². The number of nitrogens with two attached hydrogens (primary N) is 1. The fraction of sp³-hybridized carbons (Fsp3) is 0.875. The van der Waals surface area contributed by atoms with Gasteiger partial charge in [-0.05, 0) is 12.8 Å². The molecule has 4 nitrogen and oxygen atoms in total. The van der Waals surface area contributed by atoms with E-state index in [1.807, 2.05) is 0 Å². The molecule has 1 heterocycles. The van der Waals surface area contributed by atoms with Crippen molar-refractivity contribution in [2.45, 2.75) is 18.4 Å². The Morgan fingerprint density at radius 1 is 1.58 bits per heavy atom. The SMILES string of the molecule is COCC1(N)CCN(C=O)CC1. The summed E-state index contributed by atoms with van der Waals surface area (Å²) in [4.78, 5) is 12.1. The highest BCUT2D eigenvalue weighted by Gasteiger charge is 2.29. The van der Waals surface area contributed by atoms with Crippen molar-refractivity contribution in [1.29, 1.82) is 0 Å². The van der Waals surface area contributed by atoms with E-state index in [9.17, 15) is 4.79 Å². The summed E-state index contributed by atoms with van der Waals surface area (Å²) in [5, 5.41) is 0. The number of hydrogen-bond acceptors (Lipinski definition) is 3. The molecule has 1 aliphatic rings. The first kappa shape index (κ1) is 9.48. The lowest BCUT2D eigenvalue weighted by Crippen LogP contribution is -2.52. The molecular formula is C8H16N2O2. The maximum absolute atomic E-state index is 10.4. The van der Waals surface area contributed by atoms with Crippen LogP contribution in [0.3, 0.4) is 0 Å². The van der Waals surface area contributed by atoms with E-state index in [0.717, 1.165) is 32.3 Å². The van der Waals surface area contributed by atoms with Gasteiger partial charge in [-0.15, -0.1) is 0 Å². The van der Waals surface area contributed by atoms with Crippen LogP contribution in [0.15, 0.2) is 0 Å². The van der Waals surface area contributed by atoms with Crippen molar-refractivity contribution in [2.24, 2.45) is 5.73 Å². The molecule has 0 atom stereocenters. The Bertz CT molecular complexity index is 153. The monoisotopic (exact) mass is 172 g/mol. The van der Waals surface area contributed by atoms with E-state index in [2.05, 4.69) is 0 Å². The first-order valence-electron chi connectivity index (χ1n) is 4.17. The molecule has 70 valence electrons. The Labute approximate surface area is 72.7 Å². The van der Waals surface area contributed by atoms with Crippen molar-refractivity contribution >= 4 is 6.41 Å². The lowest BCUT2D eigenvalue weighted by Gasteiger charge is -2.36. The molecule has 0 saturated carbocycles. The molecule has 0 aromatic rings. The number of rotatable bonds is 3. The summed E-state index contributed by atoms with van der Waals surface area (Å²) in [6.45, 7) is 2.09. The van der Waals surface area contributed by atoms with Gasteiger partial charge in [-0.3, -0.25) is 4.79 Å². The van der Waals surface area contributed by atoms with Gasteiger partial charge in [0.15, 0.2) is 0 Å². The Balaban J connectivity index is 2.38. The molecule has 0 radical (unpaired) electrons. The molecule has 0 aliphatic carbocycles. The van der Waals surface area contributed by atoms with Gasteiger partial charge < -0.3 is 15.4 Å². The van der Waals surface area contributed by atoms with E-state index in [1.165, 1.54) is 0 Å². The van der Waals surface area contributed by atoms with E-state index in [-0.39, 0.29) is 5.54 Å². The number of amides is 1. The number of nitrogens with zero attached hydrogens (tertiary/aromatic N) is 1. The smallest absolute Gasteiger partial charge is 0.209 e. The zero-order valence-corrected chi connectivity index (χ0v) is 7.45. The van der Waals surface area contributed by atoms with E-state index < -0.39 is 0 Å². The van der Waals surface area contributed by atoms with Gasteiger partial charge >= 0.3 is 0 Å². The van der Waals surface area contributed by atoms with E-state index >= 15 is 0 Å². The Morgan fingerprint density at radius 3 is 2.58 bits per heavy atom. The minimum atomic E-state index is -0.214. The van der Waals surface area contributed by atoms with E-state index in [0.29, 0.717) is 6.61 Å². The second kappa shape index (κ2) is 3.87. The third kappa shape index (κ3) is 2.19. The van der Waals surface area contributed by atoms with Crippen LogP contribution in [-0.4, -0.2) is 43.7 Å². The average Bonchev–Trinajstić information content (AvgIpc) is 2.06. The van der Waals surface area contributed by atoms with Crippen molar-refractivity contribution < 1.29 is 9.53 Å². The van der Waals surface area contributed by atoms with Gasteiger partial charge in [-0.1, -0.05) is 0 Å². The second-order valence-electron chi connectivity index (χ2n) is 3.44. The zero-order valence-electron chi connectivity index (χ0n) is 7.45. The summed E-state index contributed by atoms with van der Waals surface area (Å²) in [6, 6.07) is 0. The standard InChI is InChI=1S/C8H16N2O2/c1-12-6-8(9)2-4-10(7-11)5-3-8/h7H,2-6,9H2,1H3. The highest BCUT2D eigenvalue weighted by molar-refractivity contribution is 5.47. The summed E-state index contributed by atoms with van der Waals surface area (Å²) >= 11 is 0. The molecule has 0 spiro atoms. The third-order valence-electron chi connectivity index (χ3n) is 2.37. The molecule has 12 heavy (non-hydrogen) atoms. The van der Waals surface area contributed by atoms with E-state index in [1.54, 1.807) is 12.0 Å². The van der Waals surface area contributed by atoms with Crippen molar-refractivity contribution in [2.75, 3.05) is 26.8 Å². The van der Waals surface area contributed by atoms with Crippen LogP contribution in [0.4, 0.5) is 0 Å². The molecule has 4 heteroatoms. The highest BCUT2D eigenvalue weighted by Crippen LogP contribution is 2.18. The molecular weight excluding hydrogens is 156 g/mol. The molecule has 0 bridgehead atoms. The first-order chi connectivity index (χ1) is 5.70. The number of piperidine rings is 1. The van der Waals surface area contributed by atoms with Gasteiger partial charge in [0.2, 0.25) is 6.41 Å². The topological polar surface area (TPSA) is 55.6 Å². The number of carbonyl (C=O) groups excluding carboxylic acids is 1. The molecule has 1 fully saturated rings. The molecule has 1 saturated heterocycles. The normalized spacial score (nSPS) is 22.3. The summed E-state index contributed by atoms with van der Waals surface area (Å²) in [6.07, 6.45) is 2.55. The van der Waals surface area contributed by atoms with Gasteiger partial charge in [-0.2, -0.15) is 0 Å². The third-order valence-corrected chi connectivity index (χ3v) is 2.37. The zero-order chi connectivity index (χ0) is 9.03. The predicted octanol–water partition coefficient (Wildman–Crippen LogP) is -0.417. The number of hydrogen-bond donors (Lipinski definition) is 1. The Morgan fingerprint density at radius 2 is 2.17 bits per heavy atom. The lowest BCUT2D eigenvalue weighted by molar-refractivity contribution is -0.119. The molecule has 1 aliphatic heterocycles. The van der Waals surface area contributed by atoms with Crippen molar-refractivity contribution in [3.8, 4) is 0 Å². The fourth-order valence-corrected chi connectivity index (χ4v) is 1.51. The number of methoxy groups -OCH3 is 1. The maximum atomic E-state index is 10.4. The quantitative estimate of drug-likeness (QED) is 0.588. The van der Waals surface area contributed by atoms with Gasteiger partial charge in [0.1, 0.15) is 0 Å². The number of carbonyl (C=O) groups is 1. The predicted molar refractivity (Wildman–Crippen MR) is 45.7 cm³/mol. The average molecular weight is 172 g/mol. The highest BCUT2D eigenvalue weighted by atomic mass is 16.5. The van der Waals surface area contributed by atoms with Crippen LogP contribution in [0.5, 0.6) is 0 Å². The van der Waals surface area contributed by atoms with Crippen molar-refractivity contribution in [3.05, 3.63) is 0 Å². The fourth-order valence-electron chi connectivity index (χ4n) is 1.51. The largest absolute Gasteiger partial charge is 0.383 e. The van der Waals surface area contributed by atoms with Crippen LogP contribution < -0.4 is 5.73 Å². The summed E-state index contributed by atoms with van der Waals surface area (Å²) in [5.74, 6) is 0. The van der Waals surface area contributed by atoms with Crippen LogP contribution >= 0.6 is 0 Å². The number of ether oxygens (including phenoxy) is 1. The number of likely N-dealkylation sites (tertiary alicyclic amines) is 1. The van der Waals surface area contributed by atoms with Crippen LogP contribution in [0.1, 0.15) is 12.8 Å². The Hall–Kier alpha value is -0.610. The first-order valence-corrected chi connectivity index (χ1v) is 4.17. The molecule has 1 rings (SSSR count). The van der Waals surface area contributed by atoms with Crippen molar-refractivity contribution in [3.63, 3.8) is 0 Å². The molecule has 1 amide bonds. The maximum Gasteiger partial charge on any atom is 0.209 e. The summed E-state index contributed by atoms with van der Waals surface area (Å²) in [7, 11) is 1.65. The van der Waals surface area contributed by atoms with Crippen molar-refractivity contribution in [1.82, 2.24) is 4.90 Å². The summed E-state index contributed by atoms with van der Waals surface area (Å²) < 4.78 is 5.02. The minimum absolute atomic E-state index is 0.214. The second-order valence-corrected chi connectivity index (χ2v) is 3.44. The van der Waals surface area contributed by atoms with Crippen LogP contribution in [0.2, 0.25) is 0 Å². The van der Waals surface area contributed by atoms with Crippen LogP contribution in [0, 0.1) is 0 Å². The Kier molecular flexibility index (Phi) is 3.05. The van der Waals surface area contributed by atoms with E-state index in [4.69, 9.17) is 10.5 Å². The molecule has 0 aromatic heterocycles. The van der Waals surface area contributed by atoms with Crippen LogP contribution in [-0.2, 0) is 9.53 Å². The van der Waals surface area contributed by atoms with Gasteiger partial charge in [0.25, 0.3) is 0 Å². The molecule has 0 aromatic carbocycles. The summed E-state index contributed by atoms with van der Waals surface area (Å²) in [5.41, 5.74) is 5.80. The molecule has 2 N–H and O–H groups in total. The van der Waals surface area contributed by atoms with Gasteiger partial charge in [-0.25, -0.2) is 0 Å². The lowest BCUT2D eigenvalue weighted by atomic mass is 9.90. The minimum Gasteiger partial charge on any atom is -0.383 e. The van der Waals surface area contributed by atoms with Gasteiger partial charge in [0.05, 0.1) is 6.61 Å².